The maximum atomic E-state index is 9.64. The van der Waals surface area contributed by atoms with Crippen molar-refractivity contribution < 1.29 is 10.0 Å². The van der Waals surface area contributed by atoms with Crippen LogP contribution in [0.15, 0.2) is 91.0 Å². The summed E-state index contributed by atoms with van der Waals surface area (Å²) in [4.78, 5) is 3.55. The van der Waals surface area contributed by atoms with Crippen LogP contribution in [-0.2, 0) is 0 Å². The van der Waals surface area contributed by atoms with Crippen LogP contribution in [0.4, 0.5) is 0 Å². The molecule has 0 unspecified atom stereocenters. The summed E-state index contributed by atoms with van der Waals surface area (Å²) in [7, 11) is -1.49. The van der Waals surface area contributed by atoms with Gasteiger partial charge in [-0.05, 0) is 28.2 Å². The molecule has 0 atom stereocenters. The molecule has 0 saturated carbocycles. The first kappa shape index (κ1) is 16.8. The van der Waals surface area contributed by atoms with Crippen molar-refractivity contribution in [2.45, 2.75) is 0 Å². The number of aromatic amines is 1. The van der Waals surface area contributed by atoms with Crippen molar-refractivity contribution >= 4 is 34.4 Å². The summed E-state index contributed by atoms with van der Waals surface area (Å²) in [6.07, 6.45) is 0. The van der Waals surface area contributed by atoms with Gasteiger partial charge in [-0.3, -0.25) is 0 Å². The van der Waals surface area contributed by atoms with Crippen LogP contribution in [0.2, 0.25) is 0 Å². The lowest BCUT2D eigenvalue weighted by atomic mass is 9.75. The Balaban J connectivity index is 1.62. The number of H-pyrrole nitrogens is 1. The summed E-state index contributed by atoms with van der Waals surface area (Å²) in [5.41, 5.74) is 6.81. The molecule has 0 aliphatic rings. The van der Waals surface area contributed by atoms with Gasteiger partial charge >= 0.3 is 7.12 Å². The lowest BCUT2D eigenvalue weighted by Gasteiger charge is -2.10. The first-order valence-corrected chi connectivity index (χ1v) is 9.28. The van der Waals surface area contributed by atoms with Crippen molar-refractivity contribution in [1.82, 2.24) is 4.98 Å². The topological polar surface area (TPSA) is 56.2 Å². The van der Waals surface area contributed by atoms with E-state index in [9.17, 15) is 10.0 Å². The number of nitrogens with one attached hydrogen (secondary N) is 1. The average molecular weight is 363 g/mol. The summed E-state index contributed by atoms with van der Waals surface area (Å²) in [6, 6.07) is 30.3. The first-order chi connectivity index (χ1) is 13.7. The molecule has 28 heavy (non-hydrogen) atoms. The van der Waals surface area contributed by atoms with E-state index in [1.54, 1.807) is 6.07 Å². The van der Waals surface area contributed by atoms with Crippen LogP contribution in [0.3, 0.4) is 0 Å². The molecule has 1 heterocycles. The van der Waals surface area contributed by atoms with Crippen LogP contribution in [0.25, 0.3) is 44.1 Å². The first-order valence-electron chi connectivity index (χ1n) is 9.28. The largest absolute Gasteiger partial charge is 0.489 e. The highest BCUT2D eigenvalue weighted by molar-refractivity contribution is 6.60. The van der Waals surface area contributed by atoms with Crippen LogP contribution in [0.1, 0.15) is 0 Å². The van der Waals surface area contributed by atoms with E-state index in [1.165, 1.54) is 10.8 Å². The molecule has 0 aliphatic carbocycles. The van der Waals surface area contributed by atoms with E-state index in [0.29, 0.717) is 5.46 Å². The van der Waals surface area contributed by atoms with Gasteiger partial charge in [-0.1, -0.05) is 84.9 Å². The Bertz CT molecular complexity index is 1290. The highest BCUT2D eigenvalue weighted by Gasteiger charge is 2.16. The van der Waals surface area contributed by atoms with Gasteiger partial charge in [0.15, 0.2) is 0 Å². The van der Waals surface area contributed by atoms with Crippen molar-refractivity contribution in [3.63, 3.8) is 0 Å². The minimum absolute atomic E-state index is 0.507. The summed E-state index contributed by atoms with van der Waals surface area (Å²) in [6.45, 7) is 0. The lowest BCUT2D eigenvalue weighted by molar-refractivity contribution is 0.426. The predicted octanol–water partition coefficient (Wildman–Crippen LogP) is 4.33. The third-order valence-corrected chi connectivity index (χ3v) is 5.29. The summed E-state index contributed by atoms with van der Waals surface area (Å²) < 4.78 is 0. The molecule has 0 aliphatic heterocycles. The Labute approximate surface area is 163 Å². The molecule has 134 valence electrons. The van der Waals surface area contributed by atoms with E-state index >= 15 is 0 Å². The second kappa shape index (κ2) is 6.68. The zero-order valence-corrected chi connectivity index (χ0v) is 15.1. The molecule has 0 bridgehead atoms. The minimum Gasteiger partial charge on any atom is -0.423 e. The molecule has 0 radical (unpaired) electrons. The van der Waals surface area contributed by atoms with Gasteiger partial charge in [0.2, 0.25) is 0 Å². The van der Waals surface area contributed by atoms with Gasteiger partial charge in [0.05, 0.1) is 5.52 Å². The van der Waals surface area contributed by atoms with Crippen molar-refractivity contribution in [2.24, 2.45) is 0 Å². The average Bonchev–Trinajstić information content (AvgIpc) is 3.13. The van der Waals surface area contributed by atoms with Crippen LogP contribution < -0.4 is 5.46 Å². The van der Waals surface area contributed by atoms with E-state index in [1.807, 2.05) is 36.4 Å². The zero-order valence-electron chi connectivity index (χ0n) is 15.1. The van der Waals surface area contributed by atoms with Crippen LogP contribution in [-0.4, -0.2) is 22.2 Å². The van der Waals surface area contributed by atoms with Crippen molar-refractivity contribution in [3.8, 4) is 22.3 Å². The fourth-order valence-electron chi connectivity index (χ4n) is 3.93. The normalized spacial score (nSPS) is 11.2. The third-order valence-electron chi connectivity index (χ3n) is 5.29. The standard InChI is InChI=1S/C24H18BNO2/c27-25(28)22-10-3-1-6-18(22)16-12-14-17(15-13-16)19-8-5-9-21-20-7-2-4-11-23(20)26-24(19)21/h1-15,26-28H. The maximum absolute atomic E-state index is 9.64. The number of aromatic nitrogens is 1. The number of rotatable bonds is 3. The molecule has 3 N–H and O–H groups in total. The molecule has 3 nitrogen and oxygen atoms in total. The molecule has 0 fully saturated rings. The molecular weight excluding hydrogens is 345 g/mol. The van der Waals surface area contributed by atoms with E-state index in [4.69, 9.17) is 0 Å². The monoisotopic (exact) mass is 363 g/mol. The summed E-state index contributed by atoms with van der Waals surface area (Å²) in [5, 5.41) is 21.7. The molecule has 0 spiro atoms. The van der Waals surface area contributed by atoms with Gasteiger partial charge in [0.1, 0.15) is 0 Å². The van der Waals surface area contributed by atoms with E-state index in [2.05, 4.69) is 53.5 Å². The maximum Gasteiger partial charge on any atom is 0.489 e. The van der Waals surface area contributed by atoms with E-state index in [0.717, 1.165) is 33.3 Å². The van der Waals surface area contributed by atoms with Gasteiger partial charge in [0, 0.05) is 21.9 Å². The van der Waals surface area contributed by atoms with Crippen molar-refractivity contribution in [3.05, 3.63) is 91.0 Å². The highest BCUT2D eigenvalue weighted by Crippen LogP contribution is 2.33. The third kappa shape index (κ3) is 2.71. The molecule has 0 amide bonds. The molecule has 5 aromatic rings. The fourth-order valence-corrected chi connectivity index (χ4v) is 3.93. The number of fused-ring (bicyclic) bond motifs is 3. The number of hydrogen-bond donors (Lipinski definition) is 3. The van der Waals surface area contributed by atoms with Gasteiger partial charge < -0.3 is 15.0 Å². The predicted molar refractivity (Wildman–Crippen MR) is 117 cm³/mol. The number of hydrogen-bond acceptors (Lipinski definition) is 2. The SMILES string of the molecule is OB(O)c1ccccc1-c1ccc(-c2cccc3c2[nH]c2ccccc23)cc1. The quantitative estimate of drug-likeness (QED) is 0.418. The molecular formula is C24H18BNO2. The Morgan fingerprint density at radius 1 is 0.571 bits per heavy atom. The summed E-state index contributed by atoms with van der Waals surface area (Å²) in [5.74, 6) is 0. The van der Waals surface area contributed by atoms with Crippen LogP contribution in [0.5, 0.6) is 0 Å². The Morgan fingerprint density at radius 3 is 1.96 bits per heavy atom. The fraction of sp³-hybridized carbons (Fsp3) is 0. The second-order valence-electron chi connectivity index (χ2n) is 6.94. The van der Waals surface area contributed by atoms with E-state index < -0.39 is 7.12 Å². The van der Waals surface area contributed by atoms with Gasteiger partial charge in [0.25, 0.3) is 0 Å². The Hall–Kier alpha value is -3.34. The molecule has 0 saturated heterocycles. The second-order valence-corrected chi connectivity index (χ2v) is 6.94. The van der Waals surface area contributed by atoms with Gasteiger partial charge in [-0.25, -0.2) is 0 Å². The summed E-state index contributed by atoms with van der Waals surface area (Å²) >= 11 is 0. The minimum atomic E-state index is -1.49. The van der Waals surface area contributed by atoms with Crippen LogP contribution in [0, 0.1) is 0 Å². The van der Waals surface area contributed by atoms with Crippen molar-refractivity contribution in [1.29, 1.82) is 0 Å². The van der Waals surface area contributed by atoms with Gasteiger partial charge in [-0.2, -0.15) is 0 Å². The van der Waals surface area contributed by atoms with Gasteiger partial charge in [-0.15, -0.1) is 0 Å². The molecule has 4 heteroatoms. The Morgan fingerprint density at radius 2 is 1.18 bits per heavy atom. The van der Waals surface area contributed by atoms with Crippen molar-refractivity contribution in [2.75, 3.05) is 0 Å². The number of para-hydroxylation sites is 2. The highest BCUT2D eigenvalue weighted by atomic mass is 16.4. The van der Waals surface area contributed by atoms with Crippen LogP contribution >= 0.6 is 0 Å². The van der Waals surface area contributed by atoms with E-state index in [-0.39, 0.29) is 0 Å². The lowest BCUT2D eigenvalue weighted by Crippen LogP contribution is -2.31. The zero-order chi connectivity index (χ0) is 19.1. The molecule has 1 aromatic heterocycles. The smallest absolute Gasteiger partial charge is 0.423 e. The Kier molecular flexibility index (Phi) is 4.01. The molecule has 4 aromatic carbocycles. The molecule has 5 rings (SSSR count). The number of benzene rings is 4.